The molecule has 0 amide bonds. The van der Waals surface area contributed by atoms with Crippen molar-refractivity contribution in [2.24, 2.45) is 0 Å². The molecule has 5 heteroatoms. The van der Waals surface area contributed by atoms with Gasteiger partial charge in [-0.05, 0) is 26.8 Å². The predicted octanol–water partition coefficient (Wildman–Crippen LogP) is 2.91. The number of nitrogens with zero attached hydrogens (tertiary/aromatic N) is 2. The number of rotatable bonds is 3. The number of pyridine rings is 1. The number of anilines is 2. The monoisotopic (exact) mass is 248 g/mol. The number of nitrogens with one attached hydrogen (secondary N) is 1. The van der Waals surface area contributed by atoms with E-state index < -0.39 is 0 Å². The Labute approximate surface area is 105 Å². The first-order valence-electron chi connectivity index (χ1n) is 5.48. The SMILES string of the molecule is Cc1nc(C)c(C(C)Nc2ccnc(N)c2)s1. The fourth-order valence-corrected chi connectivity index (χ4v) is 2.73. The topological polar surface area (TPSA) is 63.8 Å². The summed E-state index contributed by atoms with van der Waals surface area (Å²) >= 11 is 1.73. The molecule has 90 valence electrons. The van der Waals surface area contributed by atoms with Crippen LogP contribution in [-0.4, -0.2) is 9.97 Å². The van der Waals surface area contributed by atoms with Crippen molar-refractivity contribution < 1.29 is 0 Å². The van der Waals surface area contributed by atoms with Crippen LogP contribution < -0.4 is 11.1 Å². The highest BCUT2D eigenvalue weighted by atomic mass is 32.1. The minimum atomic E-state index is 0.225. The zero-order valence-corrected chi connectivity index (χ0v) is 11.0. The van der Waals surface area contributed by atoms with E-state index in [-0.39, 0.29) is 6.04 Å². The molecule has 0 saturated heterocycles. The van der Waals surface area contributed by atoms with Crippen LogP contribution in [0, 0.1) is 13.8 Å². The second-order valence-electron chi connectivity index (χ2n) is 4.02. The minimum absolute atomic E-state index is 0.225. The maximum atomic E-state index is 5.65. The summed E-state index contributed by atoms with van der Waals surface area (Å²) in [6.45, 7) is 6.19. The third kappa shape index (κ3) is 2.74. The van der Waals surface area contributed by atoms with Crippen molar-refractivity contribution in [3.05, 3.63) is 33.9 Å². The van der Waals surface area contributed by atoms with Gasteiger partial charge in [0.15, 0.2) is 0 Å². The molecule has 4 nitrogen and oxygen atoms in total. The van der Waals surface area contributed by atoms with Crippen LogP contribution in [0.15, 0.2) is 18.3 Å². The fourth-order valence-electron chi connectivity index (χ4n) is 1.80. The second-order valence-corrected chi connectivity index (χ2v) is 5.25. The number of hydrogen-bond donors (Lipinski definition) is 2. The Morgan fingerprint density at radius 2 is 2.18 bits per heavy atom. The van der Waals surface area contributed by atoms with Crippen molar-refractivity contribution in [1.82, 2.24) is 9.97 Å². The smallest absolute Gasteiger partial charge is 0.125 e. The van der Waals surface area contributed by atoms with Crippen molar-refractivity contribution in [3.8, 4) is 0 Å². The van der Waals surface area contributed by atoms with Crippen molar-refractivity contribution in [3.63, 3.8) is 0 Å². The lowest BCUT2D eigenvalue weighted by Gasteiger charge is -2.14. The van der Waals surface area contributed by atoms with Crippen molar-refractivity contribution in [2.45, 2.75) is 26.8 Å². The van der Waals surface area contributed by atoms with Crippen molar-refractivity contribution in [1.29, 1.82) is 0 Å². The van der Waals surface area contributed by atoms with Gasteiger partial charge in [-0.2, -0.15) is 0 Å². The van der Waals surface area contributed by atoms with Gasteiger partial charge < -0.3 is 11.1 Å². The number of thiazole rings is 1. The van der Waals surface area contributed by atoms with Gasteiger partial charge in [-0.1, -0.05) is 0 Å². The lowest BCUT2D eigenvalue weighted by atomic mass is 10.2. The average Bonchev–Trinajstić information content (AvgIpc) is 2.58. The highest BCUT2D eigenvalue weighted by Gasteiger charge is 2.12. The third-order valence-corrected chi connectivity index (χ3v) is 3.75. The maximum absolute atomic E-state index is 5.65. The van der Waals surface area contributed by atoms with Crippen LogP contribution in [0.5, 0.6) is 0 Å². The summed E-state index contributed by atoms with van der Waals surface area (Å²) in [5.74, 6) is 0.527. The molecule has 0 saturated carbocycles. The molecule has 2 aromatic heterocycles. The molecule has 0 radical (unpaired) electrons. The van der Waals surface area contributed by atoms with E-state index in [1.807, 2.05) is 26.0 Å². The molecule has 0 bridgehead atoms. The Morgan fingerprint density at radius 1 is 1.41 bits per heavy atom. The fraction of sp³-hybridized carbons (Fsp3) is 0.333. The molecular formula is C12H16N4S. The summed E-state index contributed by atoms with van der Waals surface area (Å²) < 4.78 is 0. The molecule has 2 aromatic rings. The molecule has 0 aromatic carbocycles. The van der Waals surface area contributed by atoms with Crippen LogP contribution in [0.25, 0.3) is 0 Å². The van der Waals surface area contributed by atoms with E-state index in [0.717, 1.165) is 16.4 Å². The van der Waals surface area contributed by atoms with E-state index in [9.17, 15) is 0 Å². The van der Waals surface area contributed by atoms with Crippen LogP contribution >= 0.6 is 11.3 Å². The molecule has 17 heavy (non-hydrogen) atoms. The van der Waals surface area contributed by atoms with Crippen LogP contribution in [0.2, 0.25) is 0 Å². The number of nitrogen functional groups attached to an aromatic ring is 1. The number of nitrogens with two attached hydrogens (primary N) is 1. The summed E-state index contributed by atoms with van der Waals surface area (Å²) in [5, 5.41) is 4.50. The minimum Gasteiger partial charge on any atom is -0.384 e. The van der Waals surface area contributed by atoms with Crippen LogP contribution in [0.1, 0.15) is 28.5 Å². The van der Waals surface area contributed by atoms with Gasteiger partial charge in [-0.3, -0.25) is 0 Å². The molecular weight excluding hydrogens is 232 g/mol. The summed E-state index contributed by atoms with van der Waals surface area (Å²) in [7, 11) is 0. The molecule has 3 N–H and O–H groups in total. The van der Waals surface area contributed by atoms with E-state index >= 15 is 0 Å². The second kappa shape index (κ2) is 4.71. The van der Waals surface area contributed by atoms with Crippen LogP contribution in [0.4, 0.5) is 11.5 Å². The first kappa shape index (κ1) is 11.9. The standard InChI is InChI=1S/C12H16N4S/c1-7-12(17-9(3)15-7)8(2)16-10-4-5-14-11(13)6-10/h4-6,8H,1-3H3,(H3,13,14,16). The molecule has 0 fully saturated rings. The van der Waals surface area contributed by atoms with E-state index in [0.29, 0.717) is 5.82 Å². The lowest BCUT2D eigenvalue weighted by Crippen LogP contribution is -2.06. The molecule has 1 unspecified atom stereocenters. The Bertz CT molecular complexity index is 521. The normalized spacial score (nSPS) is 12.4. The molecule has 2 rings (SSSR count). The van der Waals surface area contributed by atoms with E-state index in [4.69, 9.17) is 5.73 Å². The van der Waals surface area contributed by atoms with Gasteiger partial charge >= 0.3 is 0 Å². The maximum Gasteiger partial charge on any atom is 0.125 e. The molecule has 0 aliphatic carbocycles. The quantitative estimate of drug-likeness (QED) is 0.876. The number of aryl methyl sites for hydroxylation is 2. The highest BCUT2D eigenvalue weighted by Crippen LogP contribution is 2.27. The lowest BCUT2D eigenvalue weighted by molar-refractivity contribution is 0.889. The summed E-state index contributed by atoms with van der Waals surface area (Å²) in [6, 6.07) is 3.97. The van der Waals surface area contributed by atoms with E-state index in [1.54, 1.807) is 17.5 Å². The Hall–Kier alpha value is -1.62. The molecule has 1 atom stereocenters. The average molecular weight is 248 g/mol. The van der Waals surface area contributed by atoms with Gasteiger partial charge in [-0.15, -0.1) is 11.3 Å². The number of aromatic nitrogens is 2. The predicted molar refractivity (Wildman–Crippen MR) is 72.3 cm³/mol. The zero-order valence-electron chi connectivity index (χ0n) is 10.2. The Kier molecular flexibility index (Phi) is 3.28. The molecule has 0 spiro atoms. The summed E-state index contributed by atoms with van der Waals surface area (Å²) in [4.78, 5) is 9.66. The molecule has 0 aliphatic rings. The van der Waals surface area contributed by atoms with Gasteiger partial charge in [0.25, 0.3) is 0 Å². The third-order valence-electron chi connectivity index (χ3n) is 2.50. The Balaban J connectivity index is 2.16. The van der Waals surface area contributed by atoms with Crippen LogP contribution in [0.3, 0.4) is 0 Å². The van der Waals surface area contributed by atoms with Gasteiger partial charge in [0, 0.05) is 22.8 Å². The summed E-state index contributed by atoms with van der Waals surface area (Å²) in [5.41, 5.74) is 7.72. The van der Waals surface area contributed by atoms with Crippen LogP contribution in [-0.2, 0) is 0 Å². The van der Waals surface area contributed by atoms with Gasteiger partial charge in [0.2, 0.25) is 0 Å². The van der Waals surface area contributed by atoms with Crippen molar-refractivity contribution in [2.75, 3.05) is 11.1 Å². The van der Waals surface area contributed by atoms with E-state index in [2.05, 4.69) is 22.2 Å². The van der Waals surface area contributed by atoms with Gasteiger partial charge in [0.05, 0.1) is 16.7 Å². The summed E-state index contributed by atoms with van der Waals surface area (Å²) in [6.07, 6.45) is 1.70. The van der Waals surface area contributed by atoms with Gasteiger partial charge in [-0.25, -0.2) is 9.97 Å². The number of hydrogen-bond acceptors (Lipinski definition) is 5. The molecule has 0 aliphatic heterocycles. The first-order valence-corrected chi connectivity index (χ1v) is 6.30. The zero-order chi connectivity index (χ0) is 12.4. The largest absolute Gasteiger partial charge is 0.384 e. The molecule has 2 heterocycles. The van der Waals surface area contributed by atoms with Crippen molar-refractivity contribution >= 4 is 22.8 Å². The highest BCUT2D eigenvalue weighted by molar-refractivity contribution is 7.11. The van der Waals surface area contributed by atoms with Gasteiger partial charge in [0.1, 0.15) is 5.82 Å². The first-order chi connectivity index (χ1) is 8.06. The Morgan fingerprint density at radius 3 is 2.76 bits per heavy atom. The van der Waals surface area contributed by atoms with E-state index in [1.165, 1.54) is 4.88 Å².